The van der Waals surface area contributed by atoms with Crippen molar-refractivity contribution in [3.05, 3.63) is 0 Å². The molecule has 1 aliphatic carbocycles. The van der Waals surface area contributed by atoms with Crippen LogP contribution in [0.25, 0.3) is 0 Å². The summed E-state index contributed by atoms with van der Waals surface area (Å²) >= 11 is 4.21. The lowest BCUT2D eigenvalue weighted by Gasteiger charge is -2.36. The molecular formula is C11H21IO2S. The van der Waals surface area contributed by atoms with Gasteiger partial charge in [-0.15, -0.1) is 0 Å². The number of alkyl halides is 1. The van der Waals surface area contributed by atoms with Crippen molar-refractivity contribution in [3.8, 4) is 0 Å². The largest absolute Gasteiger partial charge is 0.386 e. The Balaban J connectivity index is 2.17. The lowest BCUT2D eigenvalue weighted by atomic mass is 9.85. The maximum Gasteiger partial charge on any atom is 0.0996 e. The Bertz CT molecular complexity index is 180. The lowest BCUT2D eigenvalue weighted by Crippen LogP contribution is -2.45. The molecule has 15 heavy (non-hydrogen) atoms. The number of thioether (sulfide) groups is 1. The zero-order valence-electron chi connectivity index (χ0n) is 9.38. The van der Waals surface area contributed by atoms with E-state index in [4.69, 9.17) is 4.74 Å². The van der Waals surface area contributed by atoms with Crippen LogP contribution in [0.3, 0.4) is 0 Å². The molecule has 1 rings (SSSR count). The van der Waals surface area contributed by atoms with Crippen LogP contribution in [-0.2, 0) is 4.74 Å². The van der Waals surface area contributed by atoms with E-state index in [1.54, 1.807) is 0 Å². The molecule has 1 aliphatic rings. The van der Waals surface area contributed by atoms with E-state index in [2.05, 4.69) is 28.8 Å². The predicted octanol–water partition coefficient (Wildman–Crippen LogP) is 2.86. The standard InChI is InChI=1S/C11H21IO2S/c1-15-8-4-7-14-9-11(13)6-3-2-5-10(11)12/h10,13H,2-9H2,1H3. The summed E-state index contributed by atoms with van der Waals surface area (Å²) in [5.74, 6) is 1.14. The second-order valence-electron chi connectivity index (χ2n) is 4.22. The smallest absolute Gasteiger partial charge is 0.0996 e. The van der Waals surface area contributed by atoms with Gasteiger partial charge in [0, 0.05) is 10.5 Å². The Kier molecular flexibility index (Phi) is 6.89. The second-order valence-corrected chi connectivity index (χ2v) is 6.71. The van der Waals surface area contributed by atoms with Crippen LogP contribution in [0.2, 0.25) is 0 Å². The maximum absolute atomic E-state index is 10.4. The number of hydrogen-bond acceptors (Lipinski definition) is 3. The molecule has 0 aromatic rings. The van der Waals surface area contributed by atoms with Gasteiger partial charge in [-0.2, -0.15) is 11.8 Å². The fourth-order valence-corrected chi connectivity index (χ4v) is 3.23. The number of aliphatic hydroxyl groups is 1. The number of hydrogen-bond donors (Lipinski definition) is 1. The zero-order valence-corrected chi connectivity index (χ0v) is 12.3. The zero-order chi connectivity index (χ0) is 11.1. The third-order valence-corrected chi connectivity index (χ3v) is 5.37. The summed E-state index contributed by atoms with van der Waals surface area (Å²) in [6, 6.07) is 0. The van der Waals surface area contributed by atoms with Crippen LogP contribution in [0, 0.1) is 0 Å². The molecule has 0 heterocycles. The Morgan fingerprint density at radius 3 is 3.00 bits per heavy atom. The fraction of sp³-hybridized carbons (Fsp3) is 1.00. The molecule has 0 spiro atoms. The van der Waals surface area contributed by atoms with Crippen LogP contribution < -0.4 is 0 Å². The molecule has 0 aromatic carbocycles. The first-order valence-corrected chi connectivity index (χ1v) is 8.26. The molecule has 90 valence electrons. The molecule has 1 saturated carbocycles. The Labute approximate surface area is 111 Å². The van der Waals surface area contributed by atoms with Gasteiger partial charge in [0.25, 0.3) is 0 Å². The molecular weight excluding hydrogens is 323 g/mol. The van der Waals surface area contributed by atoms with Crippen LogP contribution in [0.1, 0.15) is 32.1 Å². The fourth-order valence-electron chi connectivity index (χ4n) is 1.90. The highest BCUT2D eigenvalue weighted by atomic mass is 127. The lowest BCUT2D eigenvalue weighted by molar-refractivity contribution is -0.0600. The molecule has 0 radical (unpaired) electrons. The molecule has 1 fully saturated rings. The predicted molar refractivity (Wildman–Crippen MR) is 75.0 cm³/mol. The van der Waals surface area contributed by atoms with Gasteiger partial charge in [-0.1, -0.05) is 35.4 Å². The van der Waals surface area contributed by atoms with Gasteiger partial charge in [-0.05, 0) is 31.3 Å². The van der Waals surface area contributed by atoms with E-state index in [-0.39, 0.29) is 0 Å². The summed E-state index contributed by atoms with van der Waals surface area (Å²) in [7, 11) is 0. The first kappa shape index (κ1) is 14.1. The van der Waals surface area contributed by atoms with E-state index in [0.29, 0.717) is 10.5 Å². The third-order valence-electron chi connectivity index (χ3n) is 2.89. The number of halogens is 1. The van der Waals surface area contributed by atoms with Gasteiger partial charge >= 0.3 is 0 Å². The summed E-state index contributed by atoms with van der Waals surface area (Å²) in [6.45, 7) is 1.31. The Morgan fingerprint density at radius 2 is 2.33 bits per heavy atom. The highest BCUT2D eigenvalue weighted by Gasteiger charge is 2.37. The topological polar surface area (TPSA) is 29.5 Å². The summed E-state index contributed by atoms with van der Waals surface area (Å²) in [5, 5.41) is 10.4. The van der Waals surface area contributed by atoms with Gasteiger partial charge in [-0.3, -0.25) is 0 Å². The number of rotatable bonds is 6. The normalized spacial score (nSPS) is 31.8. The van der Waals surface area contributed by atoms with Crippen molar-refractivity contribution in [3.63, 3.8) is 0 Å². The van der Waals surface area contributed by atoms with Gasteiger partial charge in [0.2, 0.25) is 0 Å². The minimum Gasteiger partial charge on any atom is -0.386 e. The molecule has 0 aliphatic heterocycles. The van der Waals surface area contributed by atoms with E-state index in [1.165, 1.54) is 6.42 Å². The summed E-state index contributed by atoms with van der Waals surface area (Å²) < 4.78 is 5.95. The van der Waals surface area contributed by atoms with Gasteiger partial charge < -0.3 is 9.84 Å². The van der Waals surface area contributed by atoms with Crippen molar-refractivity contribution >= 4 is 34.4 Å². The molecule has 0 bridgehead atoms. The molecule has 2 unspecified atom stereocenters. The van der Waals surface area contributed by atoms with Crippen molar-refractivity contribution in [1.29, 1.82) is 0 Å². The third kappa shape index (κ3) is 4.79. The van der Waals surface area contributed by atoms with Crippen molar-refractivity contribution in [1.82, 2.24) is 0 Å². The Morgan fingerprint density at radius 1 is 1.53 bits per heavy atom. The van der Waals surface area contributed by atoms with Gasteiger partial charge in [0.1, 0.15) is 0 Å². The molecule has 4 heteroatoms. The van der Waals surface area contributed by atoms with Crippen LogP contribution in [-0.4, -0.2) is 39.9 Å². The van der Waals surface area contributed by atoms with Gasteiger partial charge in [0.05, 0.1) is 12.2 Å². The van der Waals surface area contributed by atoms with Crippen LogP contribution in [0.5, 0.6) is 0 Å². The number of ether oxygens (including phenoxy) is 1. The summed E-state index contributed by atoms with van der Waals surface area (Å²) in [5.41, 5.74) is -0.557. The van der Waals surface area contributed by atoms with E-state index in [0.717, 1.165) is 38.0 Å². The van der Waals surface area contributed by atoms with Crippen LogP contribution in [0.15, 0.2) is 0 Å². The second kappa shape index (κ2) is 7.35. The van der Waals surface area contributed by atoms with Crippen LogP contribution >= 0.6 is 34.4 Å². The van der Waals surface area contributed by atoms with Crippen molar-refractivity contribution in [2.24, 2.45) is 0 Å². The van der Waals surface area contributed by atoms with E-state index in [9.17, 15) is 5.11 Å². The average molecular weight is 344 g/mol. The maximum atomic E-state index is 10.4. The molecule has 0 aromatic heterocycles. The molecule has 0 amide bonds. The summed E-state index contributed by atoms with van der Waals surface area (Å²) in [6.07, 6.45) is 7.62. The molecule has 0 saturated heterocycles. The van der Waals surface area contributed by atoms with Gasteiger partial charge in [-0.25, -0.2) is 0 Å². The molecule has 1 N–H and O–H groups in total. The first-order chi connectivity index (χ1) is 7.19. The minimum absolute atomic E-state index is 0.365. The van der Waals surface area contributed by atoms with Crippen molar-refractivity contribution < 1.29 is 9.84 Å². The summed E-state index contributed by atoms with van der Waals surface area (Å²) in [4.78, 5) is 0. The Hall–Kier alpha value is 1.00. The van der Waals surface area contributed by atoms with E-state index >= 15 is 0 Å². The molecule has 2 nitrogen and oxygen atoms in total. The highest BCUT2D eigenvalue weighted by Crippen LogP contribution is 2.34. The van der Waals surface area contributed by atoms with Crippen molar-refractivity contribution in [2.75, 3.05) is 25.2 Å². The van der Waals surface area contributed by atoms with E-state index < -0.39 is 5.60 Å². The first-order valence-electron chi connectivity index (χ1n) is 5.62. The highest BCUT2D eigenvalue weighted by molar-refractivity contribution is 14.1. The van der Waals surface area contributed by atoms with Crippen LogP contribution in [0.4, 0.5) is 0 Å². The van der Waals surface area contributed by atoms with Gasteiger partial charge in [0.15, 0.2) is 0 Å². The van der Waals surface area contributed by atoms with Crippen molar-refractivity contribution in [2.45, 2.75) is 41.6 Å². The monoisotopic (exact) mass is 344 g/mol. The molecule has 2 atom stereocenters. The minimum atomic E-state index is -0.557. The average Bonchev–Trinajstić information content (AvgIpc) is 2.23. The quantitative estimate of drug-likeness (QED) is 0.456. The SMILES string of the molecule is CSCCCOCC1(O)CCCCC1I. The van der Waals surface area contributed by atoms with E-state index in [1.807, 2.05) is 11.8 Å².